The van der Waals surface area contributed by atoms with Gasteiger partial charge >= 0.3 is 17.9 Å². The van der Waals surface area contributed by atoms with Crippen molar-refractivity contribution in [2.75, 3.05) is 41.0 Å². The second kappa shape index (κ2) is 45.6. The number of aliphatic carboxylic acids is 1. The molecule has 0 amide bonds. The molecule has 366 valence electrons. The monoisotopic (exact) mass is 879 g/mol. The molecule has 0 fully saturated rings. The van der Waals surface area contributed by atoms with Gasteiger partial charge in [0.2, 0.25) is 0 Å². The van der Waals surface area contributed by atoms with Crippen molar-refractivity contribution in [2.24, 2.45) is 0 Å². The van der Waals surface area contributed by atoms with E-state index in [-0.39, 0.29) is 36.2 Å². The highest BCUT2D eigenvalue weighted by Gasteiger charge is 2.31. The molecule has 0 bridgehead atoms. The highest BCUT2D eigenvalue weighted by Crippen LogP contribution is 2.17. The van der Waals surface area contributed by atoms with Crippen LogP contribution in [0.2, 0.25) is 0 Å². The number of carboxylic acid groups (broad SMARTS) is 1. The van der Waals surface area contributed by atoms with Crippen LogP contribution in [-0.2, 0) is 28.6 Å². The summed E-state index contributed by atoms with van der Waals surface area (Å²) in [5, 5.41) is 9.65. The number of carbonyl (C=O) groups excluding carboxylic acids is 2. The van der Waals surface area contributed by atoms with Crippen LogP contribution < -0.4 is 0 Å². The number of nitrogens with zero attached hydrogens (tertiary/aromatic N) is 1. The van der Waals surface area contributed by atoms with Crippen molar-refractivity contribution in [1.29, 1.82) is 0 Å². The molecule has 0 aromatic rings. The summed E-state index contributed by atoms with van der Waals surface area (Å²) in [5.41, 5.74) is 0. The molecule has 0 aromatic carbocycles. The lowest BCUT2D eigenvalue weighted by Crippen LogP contribution is -2.50. The molecule has 0 aliphatic heterocycles. The summed E-state index contributed by atoms with van der Waals surface area (Å²) in [5.74, 6) is -1.45. The van der Waals surface area contributed by atoms with E-state index in [9.17, 15) is 19.5 Å². The number of carboxylic acids is 1. The highest BCUT2D eigenvalue weighted by molar-refractivity contribution is 5.72. The fraction of sp³-hybridized carbons (Fsp3) is 0.907. The molecule has 1 N–H and O–H groups in total. The summed E-state index contributed by atoms with van der Waals surface area (Å²) in [6.45, 7) is 4.78. The second-order valence-corrected chi connectivity index (χ2v) is 19.5. The van der Waals surface area contributed by atoms with Crippen LogP contribution >= 0.6 is 0 Å². The van der Waals surface area contributed by atoms with Gasteiger partial charge in [0.15, 0.2) is 12.1 Å². The topological polar surface area (TPSA) is 99.1 Å². The molecule has 0 aliphatic rings. The number of carbonyl (C=O) groups is 3. The largest absolute Gasteiger partial charge is 0.477 e. The Hall–Kier alpha value is -1.93. The molecule has 0 aliphatic carbocycles. The fourth-order valence-electron chi connectivity index (χ4n) is 8.27. The quantitative estimate of drug-likeness (QED) is 0.0281. The maximum absolute atomic E-state index is 12.8. The zero-order valence-corrected chi connectivity index (χ0v) is 41.9. The third kappa shape index (κ3) is 43.3. The van der Waals surface area contributed by atoms with Crippen LogP contribution in [0.15, 0.2) is 12.2 Å². The summed E-state index contributed by atoms with van der Waals surface area (Å²) in [4.78, 5) is 37.2. The smallest absolute Gasteiger partial charge is 0.362 e. The number of allylic oxidation sites excluding steroid dienone is 2. The molecule has 2 unspecified atom stereocenters. The minimum absolute atomic E-state index is 0.0467. The van der Waals surface area contributed by atoms with Crippen LogP contribution in [0, 0.1) is 0 Å². The number of quaternary nitrogens is 1. The number of hydrogen-bond donors (Lipinski definition) is 1. The lowest BCUT2D eigenvalue weighted by atomic mass is 10.0. The van der Waals surface area contributed by atoms with Crippen molar-refractivity contribution in [3.8, 4) is 0 Å². The maximum atomic E-state index is 12.8. The van der Waals surface area contributed by atoms with Crippen LogP contribution in [0.1, 0.15) is 264 Å². The lowest BCUT2D eigenvalue weighted by Gasteiger charge is -2.31. The Morgan fingerprint density at radius 3 is 1.16 bits per heavy atom. The summed E-state index contributed by atoms with van der Waals surface area (Å²) in [6, 6.07) is -0.611. The van der Waals surface area contributed by atoms with Crippen LogP contribution in [0.25, 0.3) is 0 Å². The summed E-state index contributed by atoms with van der Waals surface area (Å²) in [6.07, 6.45) is 51.2. The Bertz CT molecular complexity index is 1020. The number of unbranched alkanes of at least 4 members (excludes halogenated alkanes) is 33. The molecular weight excluding hydrogens is 775 g/mol. The van der Waals surface area contributed by atoms with Gasteiger partial charge in [-0.15, -0.1) is 0 Å². The van der Waals surface area contributed by atoms with Crippen molar-refractivity contribution >= 4 is 17.9 Å². The van der Waals surface area contributed by atoms with Crippen molar-refractivity contribution in [1.82, 2.24) is 0 Å². The molecule has 0 rings (SSSR count). The molecule has 0 saturated carbocycles. The van der Waals surface area contributed by atoms with Gasteiger partial charge in [-0.05, 0) is 38.5 Å². The lowest BCUT2D eigenvalue weighted by molar-refractivity contribution is -0.887. The van der Waals surface area contributed by atoms with E-state index in [4.69, 9.17) is 14.2 Å². The molecular formula is C54H104NO7+. The summed E-state index contributed by atoms with van der Waals surface area (Å²) >= 11 is 0. The predicted octanol–water partition coefficient (Wildman–Crippen LogP) is 15.4. The van der Waals surface area contributed by atoms with E-state index < -0.39 is 18.1 Å². The predicted molar refractivity (Wildman–Crippen MR) is 262 cm³/mol. The zero-order valence-electron chi connectivity index (χ0n) is 41.9. The van der Waals surface area contributed by atoms with E-state index in [2.05, 4.69) is 26.0 Å². The summed E-state index contributed by atoms with van der Waals surface area (Å²) < 4.78 is 17.4. The van der Waals surface area contributed by atoms with Gasteiger partial charge in [0.1, 0.15) is 6.61 Å². The van der Waals surface area contributed by atoms with E-state index in [1.54, 1.807) is 0 Å². The van der Waals surface area contributed by atoms with Crippen LogP contribution in [0.4, 0.5) is 0 Å². The van der Waals surface area contributed by atoms with Crippen molar-refractivity contribution < 1.29 is 38.2 Å². The first kappa shape index (κ1) is 60.1. The third-order valence-corrected chi connectivity index (χ3v) is 12.4. The highest BCUT2D eigenvalue weighted by atomic mass is 16.6. The molecule has 0 aromatic heterocycles. The van der Waals surface area contributed by atoms with Gasteiger partial charge in [-0.1, -0.05) is 219 Å². The Balaban J connectivity index is 4.15. The minimum Gasteiger partial charge on any atom is -0.477 e. The minimum atomic E-state index is -0.871. The van der Waals surface area contributed by atoms with E-state index in [0.29, 0.717) is 19.3 Å². The average molecular weight is 879 g/mol. The molecule has 8 heteroatoms. The average Bonchev–Trinajstić information content (AvgIpc) is 3.23. The van der Waals surface area contributed by atoms with E-state index >= 15 is 0 Å². The Labute approximate surface area is 384 Å². The van der Waals surface area contributed by atoms with Crippen molar-refractivity contribution in [2.45, 2.75) is 276 Å². The molecule has 62 heavy (non-hydrogen) atoms. The Morgan fingerprint density at radius 1 is 0.468 bits per heavy atom. The number of likely N-dealkylation sites (N-methyl/N-ethyl adjacent to an activating group) is 1. The molecule has 0 heterocycles. The van der Waals surface area contributed by atoms with Crippen LogP contribution in [0.3, 0.4) is 0 Å². The number of hydrogen-bond acceptors (Lipinski definition) is 6. The SMILES string of the molecule is CCCCCCCCCCCCCC/C=C/CCCCCCCCCC(=O)OCC(COCCC(C(=O)O)[N+](C)(C)C)OC(=O)CCCCCCCCCCCCCCCCC. The van der Waals surface area contributed by atoms with Gasteiger partial charge in [-0.25, -0.2) is 4.79 Å². The Kier molecular flexibility index (Phi) is 44.2. The zero-order chi connectivity index (χ0) is 45.6. The van der Waals surface area contributed by atoms with Crippen LogP contribution in [-0.4, -0.2) is 80.6 Å². The van der Waals surface area contributed by atoms with Gasteiger partial charge in [0.05, 0.1) is 34.4 Å². The first-order chi connectivity index (χ1) is 30.1. The molecule has 8 nitrogen and oxygen atoms in total. The standard InChI is InChI=1S/C54H103NO7/c1-6-8-10-12-14-16-18-20-22-23-24-25-26-27-28-29-31-32-34-36-38-40-42-44-52(56)61-49-50(48-60-47-46-51(54(58)59)55(3,4)5)62-53(57)45-43-41-39-37-35-33-30-21-19-17-15-13-11-9-7-2/h27-28,50-51H,6-26,29-49H2,1-5H3/p+1/b28-27+. The van der Waals surface area contributed by atoms with Crippen LogP contribution in [0.5, 0.6) is 0 Å². The normalized spacial score (nSPS) is 12.9. The van der Waals surface area contributed by atoms with Crippen molar-refractivity contribution in [3.63, 3.8) is 0 Å². The van der Waals surface area contributed by atoms with E-state index in [1.807, 2.05) is 21.1 Å². The van der Waals surface area contributed by atoms with Gasteiger partial charge < -0.3 is 23.8 Å². The number of rotatable bonds is 49. The summed E-state index contributed by atoms with van der Waals surface area (Å²) in [7, 11) is 5.55. The first-order valence-corrected chi connectivity index (χ1v) is 26.7. The molecule has 0 saturated heterocycles. The third-order valence-electron chi connectivity index (χ3n) is 12.4. The second-order valence-electron chi connectivity index (χ2n) is 19.5. The van der Waals surface area contributed by atoms with Gasteiger partial charge in [0.25, 0.3) is 0 Å². The Morgan fingerprint density at radius 2 is 0.806 bits per heavy atom. The maximum Gasteiger partial charge on any atom is 0.362 e. The number of ether oxygens (including phenoxy) is 3. The van der Waals surface area contributed by atoms with Crippen molar-refractivity contribution in [3.05, 3.63) is 12.2 Å². The fourth-order valence-corrected chi connectivity index (χ4v) is 8.27. The molecule has 0 radical (unpaired) electrons. The van der Waals surface area contributed by atoms with E-state index in [1.165, 1.54) is 193 Å². The van der Waals surface area contributed by atoms with Gasteiger partial charge in [-0.3, -0.25) is 9.59 Å². The molecule has 0 spiro atoms. The first-order valence-electron chi connectivity index (χ1n) is 26.7. The number of esters is 2. The van der Waals surface area contributed by atoms with E-state index in [0.717, 1.165) is 38.5 Å². The van der Waals surface area contributed by atoms with Gasteiger partial charge in [-0.2, -0.15) is 0 Å². The molecule has 2 atom stereocenters. The van der Waals surface area contributed by atoms with Gasteiger partial charge in [0, 0.05) is 19.3 Å².